The number of carbonyl (C=O) groups is 1. The van der Waals surface area contributed by atoms with Crippen molar-refractivity contribution in [3.05, 3.63) is 82.8 Å². The molecular formula is C26H23ClF3N3O6S2. The molecule has 0 saturated heterocycles. The number of halogens is 4. The lowest BCUT2D eigenvalue weighted by Crippen LogP contribution is -2.66. The van der Waals surface area contributed by atoms with Crippen LogP contribution in [0.5, 0.6) is 0 Å². The Morgan fingerprint density at radius 1 is 1.00 bits per heavy atom. The third-order valence-corrected chi connectivity index (χ3v) is 11.7. The molecule has 2 aromatic carbocycles. The number of aromatic nitrogens is 1. The summed E-state index contributed by atoms with van der Waals surface area (Å²) in [5, 5.41) is 12.1. The topological polar surface area (TPSA) is 143 Å². The summed E-state index contributed by atoms with van der Waals surface area (Å²) in [6.45, 7) is -0.311. The van der Waals surface area contributed by atoms with Crippen LogP contribution in [0.25, 0.3) is 0 Å². The van der Waals surface area contributed by atoms with Crippen LogP contribution in [0.3, 0.4) is 0 Å². The molecule has 3 aliphatic carbocycles. The van der Waals surface area contributed by atoms with Crippen LogP contribution in [-0.2, 0) is 19.9 Å². The lowest BCUT2D eigenvalue weighted by molar-refractivity contribution is -0.170. The number of carbonyl (C=O) groups excluding carboxylic acids is 1. The van der Waals surface area contributed by atoms with Gasteiger partial charge in [0.15, 0.2) is 32.3 Å². The molecule has 1 heterocycles. The van der Waals surface area contributed by atoms with Gasteiger partial charge in [0, 0.05) is 36.1 Å². The highest BCUT2D eigenvalue weighted by atomic mass is 35.5. The predicted molar refractivity (Wildman–Crippen MR) is 142 cm³/mol. The van der Waals surface area contributed by atoms with E-state index in [1.54, 1.807) is 6.07 Å². The van der Waals surface area contributed by atoms with Crippen molar-refractivity contribution >= 4 is 43.1 Å². The maximum absolute atomic E-state index is 13.6. The summed E-state index contributed by atoms with van der Waals surface area (Å²) in [5.74, 6) is -6.67. The van der Waals surface area contributed by atoms with Crippen molar-refractivity contribution in [1.29, 1.82) is 0 Å². The molecule has 6 rings (SSSR count). The summed E-state index contributed by atoms with van der Waals surface area (Å²) in [4.78, 5) is 16.2. The van der Waals surface area contributed by atoms with E-state index in [4.69, 9.17) is 11.6 Å². The van der Waals surface area contributed by atoms with Crippen LogP contribution in [0.2, 0.25) is 5.02 Å². The van der Waals surface area contributed by atoms with Crippen LogP contribution in [0.1, 0.15) is 29.6 Å². The van der Waals surface area contributed by atoms with Gasteiger partial charge in [-0.25, -0.2) is 39.7 Å². The molecule has 3 aromatic rings. The van der Waals surface area contributed by atoms with E-state index in [2.05, 4.69) is 15.0 Å². The Hall–Kier alpha value is -3.04. The molecule has 2 unspecified atom stereocenters. The first-order valence-corrected chi connectivity index (χ1v) is 15.8. The molecule has 1 aromatic heterocycles. The highest BCUT2D eigenvalue weighted by Crippen LogP contribution is 2.55. The second kappa shape index (κ2) is 10.7. The third kappa shape index (κ3) is 5.46. The second-order valence-corrected chi connectivity index (χ2v) is 14.4. The highest BCUT2D eigenvalue weighted by molar-refractivity contribution is 7.92. The standard InChI is InChI=1S/C26H23ClF3N3O6S2/c27-19-5-4-14(25(34)33-17-11-20(28)24(30)21(29)12-17)7-22(19)40(36,37)18-9-15-8-16(10-18)26(15,35)13-32-41(38,39)23-3-1-2-6-31-23/h1-7,11-12,15-16,18,32,35H,8-10,13H2,(H,33,34). The smallest absolute Gasteiger partial charge is 0.258 e. The van der Waals surface area contributed by atoms with Gasteiger partial charge < -0.3 is 10.4 Å². The molecule has 9 nitrogen and oxygen atoms in total. The minimum Gasteiger partial charge on any atom is -0.388 e. The molecule has 2 bridgehead atoms. The molecule has 41 heavy (non-hydrogen) atoms. The van der Waals surface area contributed by atoms with Gasteiger partial charge in [-0.2, -0.15) is 0 Å². The molecule has 0 aliphatic heterocycles. The summed E-state index contributed by atoms with van der Waals surface area (Å²) >= 11 is 6.20. The number of aliphatic hydroxyl groups is 1. The van der Waals surface area contributed by atoms with Crippen molar-refractivity contribution in [3.8, 4) is 0 Å². The van der Waals surface area contributed by atoms with Crippen molar-refractivity contribution in [1.82, 2.24) is 9.71 Å². The van der Waals surface area contributed by atoms with Gasteiger partial charge in [0.2, 0.25) is 0 Å². The molecule has 0 radical (unpaired) electrons. The fourth-order valence-electron chi connectivity index (χ4n) is 5.46. The minimum atomic E-state index is -4.12. The summed E-state index contributed by atoms with van der Waals surface area (Å²) in [7, 11) is -8.11. The molecule has 1 amide bonds. The molecule has 0 spiro atoms. The lowest BCUT2D eigenvalue weighted by Gasteiger charge is -2.58. The summed E-state index contributed by atoms with van der Waals surface area (Å²) in [6.07, 6.45) is 1.89. The summed E-state index contributed by atoms with van der Waals surface area (Å²) in [5.41, 5.74) is -2.00. The zero-order valence-electron chi connectivity index (χ0n) is 21.0. The zero-order chi connectivity index (χ0) is 29.7. The van der Waals surface area contributed by atoms with Gasteiger partial charge in [-0.1, -0.05) is 17.7 Å². The van der Waals surface area contributed by atoms with Crippen LogP contribution in [0, 0.1) is 29.3 Å². The molecule has 3 saturated carbocycles. The summed E-state index contributed by atoms with van der Waals surface area (Å²) in [6, 6.07) is 8.99. The highest BCUT2D eigenvalue weighted by Gasteiger charge is 2.60. The Labute approximate surface area is 238 Å². The normalized spacial score (nSPS) is 24.0. The number of benzene rings is 2. The van der Waals surface area contributed by atoms with Gasteiger partial charge in [0.25, 0.3) is 15.9 Å². The van der Waals surface area contributed by atoms with Crippen LogP contribution >= 0.6 is 11.6 Å². The van der Waals surface area contributed by atoms with Crippen molar-refractivity contribution in [3.63, 3.8) is 0 Å². The van der Waals surface area contributed by atoms with E-state index in [1.807, 2.05) is 0 Å². The SMILES string of the molecule is O=C(Nc1cc(F)c(F)c(F)c1)c1ccc(Cl)c(S(=O)(=O)C2CC3CC(C2)C3(O)CNS(=O)(=O)c2ccccn2)c1. The molecule has 3 aliphatic rings. The zero-order valence-corrected chi connectivity index (χ0v) is 23.4. The van der Waals surface area contributed by atoms with Gasteiger partial charge in [-0.3, -0.25) is 4.79 Å². The van der Waals surface area contributed by atoms with Gasteiger partial charge in [0.1, 0.15) is 0 Å². The van der Waals surface area contributed by atoms with E-state index < -0.39 is 65.9 Å². The predicted octanol–water partition coefficient (Wildman–Crippen LogP) is 3.69. The van der Waals surface area contributed by atoms with Crippen molar-refractivity contribution in [2.45, 2.75) is 40.0 Å². The fourth-order valence-corrected chi connectivity index (χ4v) is 8.89. The molecular weight excluding hydrogens is 607 g/mol. The van der Waals surface area contributed by atoms with Gasteiger partial charge in [-0.05, 0) is 61.4 Å². The monoisotopic (exact) mass is 629 g/mol. The second-order valence-electron chi connectivity index (χ2n) is 10.1. The quantitative estimate of drug-likeness (QED) is 0.323. The van der Waals surface area contributed by atoms with Crippen molar-refractivity contribution in [2.75, 3.05) is 11.9 Å². The Morgan fingerprint density at radius 2 is 1.66 bits per heavy atom. The number of fused-ring (bicyclic) bond motifs is 2. The van der Waals surface area contributed by atoms with Crippen LogP contribution in [-0.4, -0.2) is 50.2 Å². The number of amides is 1. The van der Waals surface area contributed by atoms with Gasteiger partial charge >= 0.3 is 0 Å². The van der Waals surface area contributed by atoms with E-state index in [0.29, 0.717) is 18.6 Å². The largest absolute Gasteiger partial charge is 0.388 e. The molecule has 15 heteroatoms. The summed E-state index contributed by atoms with van der Waals surface area (Å²) < 4.78 is 94.9. The van der Waals surface area contributed by atoms with Crippen LogP contribution in [0.4, 0.5) is 18.9 Å². The number of nitrogens with zero attached hydrogens (tertiary/aromatic N) is 1. The third-order valence-electron chi connectivity index (χ3n) is 7.72. The first-order chi connectivity index (χ1) is 19.2. The van der Waals surface area contributed by atoms with Crippen molar-refractivity contribution in [2.24, 2.45) is 11.8 Å². The van der Waals surface area contributed by atoms with Crippen LogP contribution < -0.4 is 10.0 Å². The number of nitrogens with one attached hydrogen (secondary N) is 2. The molecule has 3 N–H and O–H groups in total. The Kier molecular flexibility index (Phi) is 7.66. The number of sulfonamides is 1. The average molecular weight is 630 g/mol. The van der Waals surface area contributed by atoms with Crippen LogP contribution in [0.15, 0.2) is 64.6 Å². The average Bonchev–Trinajstić information content (AvgIpc) is 2.95. The number of anilines is 1. The first-order valence-electron chi connectivity index (χ1n) is 12.3. The van der Waals surface area contributed by atoms with Gasteiger partial charge in [0.05, 0.1) is 20.8 Å². The number of pyridine rings is 1. The minimum absolute atomic E-state index is 0.0293. The first kappa shape index (κ1) is 29.5. The molecule has 2 atom stereocenters. The van der Waals surface area contributed by atoms with E-state index in [9.17, 15) is 39.9 Å². The maximum atomic E-state index is 13.6. The number of sulfone groups is 1. The Balaban J connectivity index is 1.30. The number of hydrogen-bond acceptors (Lipinski definition) is 7. The van der Waals surface area contributed by atoms with Gasteiger partial charge in [-0.15, -0.1) is 0 Å². The van der Waals surface area contributed by atoms with E-state index in [1.165, 1.54) is 30.5 Å². The van der Waals surface area contributed by atoms with Crippen molar-refractivity contribution < 1.29 is 39.9 Å². The maximum Gasteiger partial charge on any atom is 0.258 e. The van der Waals surface area contributed by atoms with E-state index >= 15 is 0 Å². The Morgan fingerprint density at radius 3 is 2.27 bits per heavy atom. The Bertz CT molecular complexity index is 1710. The number of hydrogen-bond donors (Lipinski definition) is 3. The van der Waals surface area contributed by atoms with E-state index in [-0.39, 0.29) is 45.6 Å². The lowest BCUT2D eigenvalue weighted by atomic mass is 9.54. The molecule has 218 valence electrons. The number of rotatable bonds is 8. The fraction of sp³-hybridized carbons (Fsp3) is 0.308. The van der Waals surface area contributed by atoms with E-state index in [0.717, 1.165) is 6.07 Å². The molecule has 3 fully saturated rings.